The molecule has 0 atom stereocenters. The lowest BCUT2D eigenvalue weighted by Gasteiger charge is -2.10. The second kappa shape index (κ2) is 5.55. The molecule has 1 heterocycles. The molecule has 18 heavy (non-hydrogen) atoms. The third-order valence-corrected chi connectivity index (χ3v) is 2.73. The molecule has 0 fully saturated rings. The van der Waals surface area contributed by atoms with E-state index < -0.39 is 0 Å². The molecule has 0 unspecified atom stereocenters. The largest absolute Gasteiger partial charge is 0.389 e. The van der Waals surface area contributed by atoms with Crippen molar-refractivity contribution in [2.75, 3.05) is 5.32 Å². The van der Waals surface area contributed by atoms with Gasteiger partial charge in [-0.05, 0) is 12.1 Å². The first kappa shape index (κ1) is 12.4. The number of nitrogens with two attached hydrogens (primary N) is 1. The highest BCUT2D eigenvalue weighted by molar-refractivity contribution is 7.80. The minimum atomic E-state index is -0.245. The molecule has 1 aromatic carbocycles. The fourth-order valence-electron chi connectivity index (χ4n) is 1.58. The Bertz CT molecular complexity index is 572. The first-order valence-electron chi connectivity index (χ1n) is 5.39. The second-order valence-corrected chi connectivity index (χ2v) is 4.17. The van der Waals surface area contributed by atoms with Gasteiger partial charge in [0.1, 0.15) is 10.8 Å². The first-order valence-corrected chi connectivity index (χ1v) is 5.80. The van der Waals surface area contributed by atoms with Crippen LogP contribution in [0.25, 0.3) is 0 Å². The summed E-state index contributed by atoms with van der Waals surface area (Å²) in [5.74, 6) is -0.245. The Morgan fingerprint density at radius 3 is 2.83 bits per heavy atom. The molecule has 0 saturated carbocycles. The van der Waals surface area contributed by atoms with Gasteiger partial charge < -0.3 is 11.1 Å². The average molecular weight is 261 g/mol. The molecule has 0 aliphatic rings. The summed E-state index contributed by atoms with van der Waals surface area (Å²) in [7, 11) is 0. The van der Waals surface area contributed by atoms with Gasteiger partial charge in [0.25, 0.3) is 0 Å². The summed E-state index contributed by atoms with van der Waals surface area (Å²) in [5.41, 5.74) is 7.59. The molecule has 2 aromatic rings. The van der Waals surface area contributed by atoms with Crippen LogP contribution in [0.1, 0.15) is 11.1 Å². The second-order valence-electron chi connectivity index (χ2n) is 3.73. The maximum atomic E-state index is 13.4. The highest BCUT2D eigenvalue weighted by atomic mass is 32.1. The quantitative estimate of drug-likeness (QED) is 0.830. The number of thiocarbonyl (C=S) groups is 1. The Hall–Kier alpha value is -2.01. The van der Waals surface area contributed by atoms with Crippen molar-refractivity contribution in [1.29, 1.82) is 0 Å². The van der Waals surface area contributed by atoms with E-state index >= 15 is 0 Å². The summed E-state index contributed by atoms with van der Waals surface area (Å²) in [6.07, 6.45) is 3.23. The predicted octanol–water partition coefficient (Wildman–Crippen LogP) is 2.47. The van der Waals surface area contributed by atoms with E-state index in [9.17, 15) is 4.39 Å². The van der Waals surface area contributed by atoms with Gasteiger partial charge in [-0.2, -0.15) is 0 Å². The molecule has 3 nitrogen and oxygen atoms in total. The normalized spacial score (nSPS) is 10.1. The van der Waals surface area contributed by atoms with Crippen molar-refractivity contribution in [1.82, 2.24) is 4.98 Å². The summed E-state index contributed by atoms with van der Waals surface area (Å²) in [6.45, 7) is 0.355. The molecule has 92 valence electrons. The Labute approximate surface area is 110 Å². The van der Waals surface area contributed by atoms with E-state index in [1.807, 2.05) is 0 Å². The Kier molecular flexibility index (Phi) is 3.84. The van der Waals surface area contributed by atoms with E-state index in [1.165, 1.54) is 6.07 Å². The zero-order valence-electron chi connectivity index (χ0n) is 9.56. The summed E-state index contributed by atoms with van der Waals surface area (Å²) in [4.78, 5) is 4.28. The molecule has 0 radical (unpaired) electrons. The van der Waals surface area contributed by atoms with Crippen molar-refractivity contribution in [2.24, 2.45) is 5.73 Å². The van der Waals surface area contributed by atoms with Crippen LogP contribution in [0.15, 0.2) is 42.7 Å². The van der Waals surface area contributed by atoms with Gasteiger partial charge in [0, 0.05) is 23.9 Å². The number of rotatable bonds is 4. The number of aromatic nitrogens is 1. The number of nitrogens with zero attached hydrogens (tertiary/aromatic N) is 1. The molecule has 0 amide bonds. The molecule has 0 saturated heterocycles. The molecule has 1 aromatic heterocycles. The van der Waals surface area contributed by atoms with Crippen LogP contribution in [0.4, 0.5) is 10.1 Å². The van der Waals surface area contributed by atoms with E-state index in [1.54, 1.807) is 36.7 Å². The lowest BCUT2D eigenvalue weighted by molar-refractivity contribution is 0.613. The summed E-state index contributed by atoms with van der Waals surface area (Å²) in [5, 5.41) is 3.08. The SMILES string of the molecule is NC(=S)c1ccncc1NCc1ccccc1F. The molecule has 0 aliphatic carbocycles. The third-order valence-electron chi connectivity index (χ3n) is 2.51. The van der Waals surface area contributed by atoms with Crippen LogP contribution in [-0.2, 0) is 6.54 Å². The van der Waals surface area contributed by atoms with Gasteiger partial charge in [0.15, 0.2) is 0 Å². The van der Waals surface area contributed by atoms with Gasteiger partial charge >= 0.3 is 0 Å². The van der Waals surface area contributed by atoms with Gasteiger partial charge in [-0.1, -0.05) is 30.4 Å². The van der Waals surface area contributed by atoms with Crippen LogP contribution in [0.2, 0.25) is 0 Å². The first-order chi connectivity index (χ1) is 8.68. The van der Waals surface area contributed by atoms with Crippen molar-refractivity contribution >= 4 is 22.9 Å². The zero-order valence-corrected chi connectivity index (χ0v) is 10.4. The van der Waals surface area contributed by atoms with Crippen molar-refractivity contribution < 1.29 is 4.39 Å². The number of benzene rings is 1. The van der Waals surface area contributed by atoms with Gasteiger partial charge in [0.2, 0.25) is 0 Å². The monoisotopic (exact) mass is 261 g/mol. The molecule has 5 heteroatoms. The van der Waals surface area contributed by atoms with Crippen LogP contribution < -0.4 is 11.1 Å². The van der Waals surface area contributed by atoms with E-state index in [2.05, 4.69) is 10.3 Å². The van der Waals surface area contributed by atoms with Crippen molar-refractivity contribution in [3.05, 3.63) is 59.7 Å². The predicted molar refractivity (Wildman–Crippen MR) is 73.9 cm³/mol. The Morgan fingerprint density at radius 1 is 1.33 bits per heavy atom. The van der Waals surface area contributed by atoms with Gasteiger partial charge in [0.05, 0.1) is 11.9 Å². The number of anilines is 1. The number of nitrogens with one attached hydrogen (secondary N) is 1. The van der Waals surface area contributed by atoms with E-state index in [-0.39, 0.29) is 10.8 Å². The summed E-state index contributed by atoms with van der Waals surface area (Å²) >= 11 is 4.94. The molecule has 0 bridgehead atoms. The molecule has 0 aliphatic heterocycles. The average Bonchev–Trinajstić information content (AvgIpc) is 2.38. The topological polar surface area (TPSA) is 50.9 Å². The third kappa shape index (κ3) is 2.81. The van der Waals surface area contributed by atoms with Crippen LogP contribution in [0.3, 0.4) is 0 Å². The number of halogens is 1. The standard InChI is InChI=1S/C13H12FN3S/c14-11-4-2-1-3-9(11)7-17-12-8-16-6-5-10(12)13(15)18/h1-6,8,17H,7H2,(H2,15,18). The molecule has 3 N–H and O–H groups in total. The van der Waals surface area contributed by atoms with Crippen LogP contribution in [-0.4, -0.2) is 9.97 Å². The fraction of sp³-hybridized carbons (Fsp3) is 0.0769. The van der Waals surface area contributed by atoms with E-state index in [4.69, 9.17) is 18.0 Å². The van der Waals surface area contributed by atoms with Gasteiger partial charge in [-0.3, -0.25) is 4.98 Å². The Morgan fingerprint density at radius 2 is 2.11 bits per heavy atom. The van der Waals surface area contributed by atoms with Crippen LogP contribution >= 0.6 is 12.2 Å². The number of hydrogen-bond donors (Lipinski definition) is 2. The minimum absolute atomic E-state index is 0.245. The van der Waals surface area contributed by atoms with Crippen LogP contribution in [0, 0.1) is 5.82 Å². The van der Waals surface area contributed by atoms with Crippen LogP contribution in [0.5, 0.6) is 0 Å². The number of hydrogen-bond acceptors (Lipinski definition) is 3. The molecular formula is C13H12FN3S. The summed E-state index contributed by atoms with van der Waals surface area (Å²) < 4.78 is 13.4. The van der Waals surface area contributed by atoms with E-state index in [0.29, 0.717) is 23.4 Å². The lowest BCUT2D eigenvalue weighted by atomic mass is 10.2. The van der Waals surface area contributed by atoms with Crippen molar-refractivity contribution in [3.8, 4) is 0 Å². The van der Waals surface area contributed by atoms with E-state index in [0.717, 1.165) is 0 Å². The van der Waals surface area contributed by atoms with Gasteiger partial charge in [-0.15, -0.1) is 0 Å². The van der Waals surface area contributed by atoms with Crippen molar-refractivity contribution in [2.45, 2.75) is 6.54 Å². The lowest BCUT2D eigenvalue weighted by Crippen LogP contribution is -2.13. The molecule has 0 spiro atoms. The highest BCUT2D eigenvalue weighted by Crippen LogP contribution is 2.15. The fourth-order valence-corrected chi connectivity index (χ4v) is 1.76. The van der Waals surface area contributed by atoms with Gasteiger partial charge in [-0.25, -0.2) is 4.39 Å². The zero-order chi connectivity index (χ0) is 13.0. The maximum Gasteiger partial charge on any atom is 0.128 e. The summed E-state index contributed by atoms with van der Waals surface area (Å²) in [6, 6.07) is 8.32. The Balaban J connectivity index is 2.16. The highest BCUT2D eigenvalue weighted by Gasteiger charge is 2.06. The van der Waals surface area contributed by atoms with Crippen molar-refractivity contribution in [3.63, 3.8) is 0 Å². The smallest absolute Gasteiger partial charge is 0.128 e. The minimum Gasteiger partial charge on any atom is -0.389 e. The maximum absolute atomic E-state index is 13.4. The molecular weight excluding hydrogens is 249 g/mol. The molecule has 2 rings (SSSR count). The number of pyridine rings is 1.